The van der Waals surface area contributed by atoms with Crippen molar-refractivity contribution in [2.45, 2.75) is 37.9 Å². The molecule has 0 saturated carbocycles. The number of hydrogen-bond acceptors (Lipinski definition) is 10. The first-order valence-electron chi connectivity index (χ1n) is 10.5. The molecule has 1 unspecified atom stereocenters. The van der Waals surface area contributed by atoms with E-state index in [9.17, 15) is 22.6 Å². The van der Waals surface area contributed by atoms with Crippen LogP contribution in [-0.4, -0.2) is 59.0 Å². The highest BCUT2D eigenvalue weighted by atomic mass is 32.2. The molecule has 3 rings (SSSR count). The molecule has 15 heteroatoms. The highest BCUT2D eigenvalue weighted by Gasteiger charge is 2.28. The number of H-pyrrole nitrogens is 1. The van der Waals surface area contributed by atoms with E-state index in [1.807, 2.05) is 0 Å². The lowest BCUT2D eigenvalue weighted by Crippen LogP contribution is -2.32. The number of hydrogen-bond donors (Lipinski definition) is 3. The predicted octanol–water partition coefficient (Wildman–Crippen LogP) is 1.06. The zero-order valence-corrected chi connectivity index (χ0v) is 21.1. The van der Waals surface area contributed by atoms with Crippen molar-refractivity contribution in [2.75, 3.05) is 24.9 Å². The van der Waals surface area contributed by atoms with Crippen LogP contribution in [-0.2, 0) is 41.6 Å². The number of nitrogen functional groups attached to an aromatic ring is 1. The Morgan fingerprint density at radius 2 is 2.00 bits per heavy atom. The minimum atomic E-state index is -3.64. The summed E-state index contributed by atoms with van der Waals surface area (Å²) in [5.41, 5.74) is 6.14. The molecule has 4 N–H and O–H groups in total. The number of aromatic amines is 1. The molecule has 0 amide bonds. The summed E-state index contributed by atoms with van der Waals surface area (Å²) < 4.78 is 49.4. The van der Waals surface area contributed by atoms with Crippen molar-refractivity contribution < 1.29 is 27.0 Å². The third-order valence-electron chi connectivity index (χ3n) is 5.02. The summed E-state index contributed by atoms with van der Waals surface area (Å²) in [6.45, 7) is 3.14. The van der Waals surface area contributed by atoms with E-state index in [0.717, 1.165) is 6.26 Å². The van der Waals surface area contributed by atoms with Gasteiger partial charge in [0.2, 0.25) is 5.95 Å². The van der Waals surface area contributed by atoms with E-state index >= 15 is 0 Å². The standard InChI is InChI=1S/C20H27N6O7PS/c1-13(14(2)27)25-34(29,33-10-15-4-6-16(7-5-15)35(3,30)31)12-32-9-8-26-11-22-17-18(26)23-20(21)24-19(17)28/h4-7,11,13H,8-10,12H2,1-3H3,(H,25,29)(H3,21,23,24,28)/t13-,34?/m0/s1. The average Bonchev–Trinajstić information content (AvgIpc) is 3.18. The Kier molecular flexibility index (Phi) is 8.23. The molecular weight excluding hydrogens is 499 g/mol. The van der Waals surface area contributed by atoms with Gasteiger partial charge in [-0.15, -0.1) is 0 Å². The van der Waals surface area contributed by atoms with E-state index in [1.165, 1.54) is 25.4 Å². The zero-order chi connectivity index (χ0) is 25.8. The maximum Gasteiger partial charge on any atom is 0.295 e. The fourth-order valence-corrected chi connectivity index (χ4v) is 5.34. The number of fused-ring (bicyclic) bond motifs is 1. The SMILES string of the molecule is CC(=O)[C@H](C)NP(=O)(COCCn1cnc2c(=O)[nH]c(N)nc21)OCc1ccc(S(C)(=O)=O)cc1. The van der Waals surface area contributed by atoms with Crippen LogP contribution in [0.4, 0.5) is 5.95 Å². The van der Waals surface area contributed by atoms with Crippen LogP contribution in [0, 0.1) is 0 Å². The summed E-state index contributed by atoms with van der Waals surface area (Å²) in [6, 6.07) is 5.24. The van der Waals surface area contributed by atoms with E-state index in [-0.39, 0.29) is 53.9 Å². The Balaban J connectivity index is 1.65. The Morgan fingerprint density at radius 1 is 1.31 bits per heavy atom. The van der Waals surface area contributed by atoms with E-state index in [4.69, 9.17) is 15.0 Å². The molecular formula is C20H27N6O7PS. The summed E-state index contributed by atoms with van der Waals surface area (Å²) in [7, 11) is -6.98. The molecule has 0 aliphatic heterocycles. The number of benzene rings is 1. The summed E-state index contributed by atoms with van der Waals surface area (Å²) >= 11 is 0. The summed E-state index contributed by atoms with van der Waals surface area (Å²) in [6.07, 6.45) is 2.18. The lowest BCUT2D eigenvalue weighted by atomic mass is 10.2. The molecule has 0 aliphatic carbocycles. The first kappa shape index (κ1) is 26.7. The van der Waals surface area contributed by atoms with Gasteiger partial charge >= 0.3 is 0 Å². The van der Waals surface area contributed by atoms with Crippen LogP contribution in [0.5, 0.6) is 0 Å². The molecule has 2 atom stereocenters. The first-order valence-corrected chi connectivity index (χ1v) is 14.2. The number of rotatable bonds is 12. The topological polar surface area (TPSA) is 188 Å². The molecule has 0 saturated heterocycles. The summed E-state index contributed by atoms with van der Waals surface area (Å²) in [4.78, 5) is 34.2. The molecule has 0 radical (unpaired) electrons. The molecule has 2 heterocycles. The van der Waals surface area contributed by atoms with Crippen molar-refractivity contribution in [1.29, 1.82) is 0 Å². The van der Waals surface area contributed by atoms with Crippen LogP contribution >= 0.6 is 7.52 Å². The quantitative estimate of drug-likeness (QED) is 0.226. The maximum atomic E-state index is 13.4. The molecule has 2 aromatic heterocycles. The van der Waals surface area contributed by atoms with Gasteiger partial charge in [-0.2, -0.15) is 4.98 Å². The minimum Gasteiger partial charge on any atom is -0.369 e. The number of nitrogens with one attached hydrogen (secondary N) is 2. The second kappa shape index (κ2) is 10.8. The number of Topliss-reactive ketones (excluding diaryl/α,β-unsaturated/α-hetero) is 1. The molecule has 13 nitrogen and oxygen atoms in total. The molecule has 0 aliphatic rings. The highest BCUT2D eigenvalue weighted by Crippen LogP contribution is 2.44. The minimum absolute atomic E-state index is 0.0462. The van der Waals surface area contributed by atoms with Gasteiger partial charge in [0.05, 0.1) is 30.5 Å². The summed E-state index contributed by atoms with van der Waals surface area (Å²) in [5, 5.41) is 2.71. The molecule has 35 heavy (non-hydrogen) atoms. The van der Waals surface area contributed by atoms with Crippen molar-refractivity contribution in [3.63, 3.8) is 0 Å². The van der Waals surface area contributed by atoms with Crippen LogP contribution in [0.1, 0.15) is 19.4 Å². The average molecular weight is 527 g/mol. The fourth-order valence-electron chi connectivity index (χ4n) is 2.99. The van der Waals surface area contributed by atoms with Gasteiger partial charge in [-0.25, -0.2) is 18.5 Å². The third kappa shape index (κ3) is 7.05. The molecule has 0 spiro atoms. The molecule has 0 fully saturated rings. The van der Waals surface area contributed by atoms with Crippen LogP contribution in [0.3, 0.4) is 0 Å². The summed E-state index contributed by atoms with van der Waals surface area (Å²) in [5.74, 6) is -0.278. The van der Waals surface area contributed by atoms with Crippen molar-refractivity contribution in [3.05, 3.63) is 46.5 Å². The Morgan fingerprint density at radius 3 is 2.63 bits per heavy atom. The van der Waals surface area contributed by atoms with Crippen molar-refractivity contribution in [2.24, 2.45) is 0 Å². The Labute approximate surface area is 201 Å². The monoisotopic (exact) mass is 526 g/mol. The van der Waals surface area contributed by atoms with Crippen molar-refractivity contribution in [1.82, 2.24) is 24.6 Å². The van der Waals surface area contributed by atoms with Gasteiger partial charge in [-0.1, -0.05) is 12.1 Å². The number of imidazole rings is 1. The zero-order valence-electron chi connectivity index (χ0n) is 19.4. The largest absolute Gasteiger partial charge is 0.369 e. The predicted molar refractivity (Wildman–Crippen MR) is 129 cm³/mol. The van der Waals surface area contributed by atoms with E-state index in [2.05, 4.69) is 20.0 Å². The molecule has 190 valence electrons. The van der Waals surface area contributed by atoms with Gasteiger partial charge in [0.25, 0.3) is 13.1 Å². The number of carbonyl (C=O) groups excluding carboxylic acids is 1. The number of ketones is 1. The van der Waals surface area contributed by atoms with E-state index in [0.29, 0.717) is 5.56 Å². The lowest BCUT2D eigenvalue weighted by molar-refractivity contribution is -0.118. The van der Waals surface area contributed by atoms with Crippen molar-refractivity contribution >= 4 is 40.3 Å². The Bertz CT molecular complexity index is 1420. The normalized spacial score (nSPS) is 14.6. The van der Waals surface area contributed by atoms with E-state index < -0.39 is 29.0 Å². The van der Waals surface area contributed by atoms with Gasteiger partial charge in [-0.05, 0) is 31.5 Å². The smallest absolute Gasteiger partial charge is 0.295 e. The third-order valence-corrected chi connectivity index (χ3v) is 8.00. The van der Waals surface area contributed by atoms with Gasteiger partial charge in [0.1, 0.15) is 12.1 Å². The lowest BCUT2D eigenvalue weighted by Gasteiger charge is -2.22. The maximum absolute atomic E-state index is 13.4. The van der Waals surface area contributed by atoms with Crippen LogP contribution < -0.4 is 16.4 Å². The van der Waals surface area contributed by atoms with Gasteiger partial charge in [0.15, 0.2) is 21.0 Å². The number of sulfone groups is 1. The highest BCUT2D eigenvalue weighted by molar-refractivity contribution is 7.90. The molecule has 1 aromatic carbocycles. The fraction of sp³-hybridized carbons (Fsp3) is 0.400. The first-order chi connectivity index (χ1) is 16.4. The number of anilines is 1. The van der Waals surface area contributed by atoms with Crippen molar-refractivity contribution in [3.8, 4) is 0 Å². The Hall–Kier alpha value is -2.90. The molecule has 0 bridgehead atoms. The van der Waals surface area contributed by atoms with Gasteiger partial charge < -0.3 is 19.6 Å². The number of ether oxygens (including phenoxy) is 1. The van der Waals surface area contributed by atoms with Gasteiger partial charge in [-0.3, -0.25) is 19.1 Å². The van der Waals surface area contributed by atoms with Crippen LogP contribution in [0.15, 0.2) is 40.3 Å². The van der Waals surface area contributed by atoms with Gasteiger partial charge in [0, 0.05) is 12.8 Å². The van der Waals surface area contributed by atoms with Crippen LogP contribution in [0.25, 0.3) is 11.2 Å². The number of aromatic nitrogens is 4. The number of nitrogens with two attached hydrogens (primary N) is 1. The molecule has 3 aromatic rings. The van der Waals surface area contributed by atoms with E-state index in [1.54, 1.807) is 23.6 Å². The number of nitrogens with zero attached hydrogens (tertiary/aromatic N) is 3. The number of carbonyl (C=O) groups is 1. The second-order valence-corrected chi connectivity index (χ2v) is 12.1. The second-order valence-electron chi connectivity index (χ2n) is 7.92. The van der Waals surface area contributed by atoms with Crippen LogP contribution in [0.2, 0.25) is 0 Å².